The Morgan fingerprint density at radius 3 is 2.36 bits per heavy atom. The molecule has 84 valence electrons. The van der Waals surface area contributed by atoms with Crippen LogP contribution in [-0.4, -0.2) is 18.1 Å². The first-order valence-electron chi connectivity index (χ1n) is 5.95. The van der Waals surface area contributed by atoms with Gasteiger partial charge in [0.05, 0.1) is 0 Å². The van der Waals surface area contributed by atoms with Gasteiger partial charge in [-0.05, 0) is 31.6 Å². The number of hydrogen-bond acceptors (Lipinski definition) is 2. The van der Waals surface area contributed by atoms with Crippen molar-refractivity contribution >= 4 is 0 Å². The highest BCUT2D eigenvalue weighted by molar-refractivity contribution is 5.06. The molecule has 1 aliphatic rings. The summed E-state index contributed by atoms with van der Waals surface area (Å²) in [6.07, 6.45) is 5.03. The standard InChI is InChI=1S/C12H26N2/c1-5-10(2)14-12(9-13)8-6-7-11(12,3)4/h10,14H,5-9,13H2,1-4H3. The van der Waals surface area contributed by atoms with Crippen molar-refractivity contribution in [2.75, 3.05) is 6.54 Å². The van der Waals surface area contributed by atoms with Crippen molar-refractivity contribution in [1.82, 2.24) is 5.32 Å². The second-order valence-electron chi connectivity index (χ2n) is 5.48. The number of rotatable bonds is 4. The van der Waals surface area contributed by atoms with Crippen molar-refractivity contribution in [3.8, 4) is 0 Å². The molecule has 2 heteroatoms. The highest BCUT2D eigenvalue weighted by atomic mass is 15.1. The normalized spacial score (nSPS) is 33.2. The van der Waals surface area contributed by atoms with Crippen molar-refractivity contribution in [1.29, 1.82) is 0 Å². The van der Waals surface area contributed by atoms with Crippen LogP contribution in [0.4, 0.5) is 0 Å². The smallest absolute Gasteiger partial charge is 0.0357 e. The number of nitrogens with one attached hydrogen (secondary N) is 1. The molecule has 0 heterocycles. The molecule has 0 aromatic heterocycles. The molecular formula is C12H26N2. The summed E-state index contributed by atoms with van der Waals surface area (Å²) < 4.78 is 0. The Morgan fingerprint density at radius 2 is 2.00 bits per heavy atom. The van der Waals surface area contributed by atoms with E-state index in [4.69, 9.17) is 5.73 Å². The van der Waals surface area contributed by atoms with E-state index in [1.807, 2.05) is 0 Å². The molecule has 0 bridgehead atoms. The molecule has 1 saturated carbocycles. The van der Waals surface area contributed by atoms with E-state index >= 15 is 0 Å². The fourth-order valence-electron chi connectivity index (χ4n) is 2.69. The minimum Gasteiger partial charge on any atom is -0.329 e. The first kappa shape index (κ1) is 12.0. The molecule has 3 N–H and O–H groups in total. The Kier molecular flexibility index (Phi) is 3.59. The maximum atomic E-state index is 5.98. The van der Waals surface area contributed by atoms with Crippen molar-refractivity contribution in [2.45, 2.75) is 65.0 Å². The molecule has 0 aliphatic heterocycles. The third-order valence-electron chi connectivity index (χ3n) is 4.18. The summed E-state index contributed by atoms with van der Waals surface area (Å²) >= 11 is 0. The third-order valence-corrected chi connectivity index (χ3v) is 4.18. The van der Waals surface area contributed by atoms with Gasteiger partial charge >= 0.3 is 0 Å². The monoisotopic (exact) mass is 198 g/mol. The van der Waals surface area contributed by atoms with Gasteiger partial charge in [0.2, 0.25) is 0 Å². The van der Waals surface area contributed by atoms with Gasteiger partial charge in [0, 0.05) is 18.1 Å². The van der Waals surface area contributed by atoms with Gasteiger partial charge in [-0.25, -0.2) is 0 Å². The SMILES string of the molecule is CCC(C)NC1(CN)CCCC1(C)C. The van der Waals surface area contributed by atoms with E-state index in [1.165, 1.54) is 25.7 Å². The molecule has 1 aliphatic carbocycles. The van der Waals surface area contributed by atoms with Gasteiger partial charge in [-0.3, -0.25) is 0 Å². The van der Waals surface area contributed by atoms with Crippen LogP contribution in [0.1, 0.15) is 53.4 Å². The van der Waals surface area contributed by atoms with Gasteiger partial charge in [0.15, 0.2) is 0 Å². The number of nitrogens with two attached hydrogens (primary N) is 1. The van der Waals surface area contributed by atoms with Crippen LogP contribution in [0.25, 0.3) is 0 Å². The first-order valence-corrected chi connectivity index (χ1v) is 5.95. The quantitative estimate of drug-likeness (QED) is 0.727. The lowest BCUT2D eigenvalue weighted by Gasteiger charge is -2.43. The van der Waals surface area contributed by atoms with Gasteiger partial charge in [-0.15, -0.1) is 0 Å². The Bertz CT molecular complexity index is 189. The minimum absolute atomic E-state index is 0.183. The molecule has 2 atom stereocenters. The Morgan fingerprint density at radius 1 is 1.36 bits per heavy atom. The van der Waals surface area contributed by atoms with Gasteiger partial charge in [-0.2, -0.15) is 0 Å². The lowest BCUT2D eigenvalue weighted by Crippen LogP contribution is -2.60. The average Bonchev–Trinajstić information content (AvgIpc) is 2.42. The van der Waals surface area contributed by atoms with Crippen LogP contribution in [0.5, 0.6) is 0 Å². The molecule has 0 aromatic rings. The van der Waals surface area contributed by atoms with Crippen molar-refractivity contribution in [3.63, 3.8) is 0 Å². The molecular weight excluding hydrogens is 172 g/mol. The molecule has 2 unspecified atom stereocenters. The van der Waals surface area contributed by atoms with Crippen molar-refractivity contribution < 1.29 is 0 Å². The molecule has 0 aromatic carbocycles. The van der Waals surface area contributed by atoms with Gasteiger partial charge in [0.1, 0.15) is 0 Å². The average molecular weight is 198 g/mol. The summed E-state index contributed by atoms with van der Waals surface area (Å²) in [5.74, 6) is 0. The molecule has 0 amide bonds. The molecule has 0 saturated heterocycles. The first-order chi connectivity index (χ1) is 6.47. The highest BCUT2D eigenvalue weighted by Gasteiger charge is 2.47. The Balaban J connectivity index is 2.75. The predicted molar refractivity (Wildman–Crippen MR) is 62.3 cm³/mol. The highest BCUT2D eigenvalue weighted by Crippen LogP contribution is 2.45. The van der Waals surface area contributed by atoms with Crippen LogP contribution in [0.2, 0.25) is 0 Å². The largest absolute Gasteiger partial charge is 0.329 e. The molecule has 0 spiro atoms. The maximum absolute atomic E-state index is 5.98. The Labute approximate surface area is 88.6 Å². The van der Waals surface area contributed by atoms with Gasteiger partial charge in [0.25, 0.3) is 0 Å². The summed E-state index contributed by atoms with van der Waals surface area (Å²) in [6.45, 7) is 9.95. The molecule has 14 heavy (non-hydrogen) atoms. The fraction of sp³-hybridized carbons (Fsp3) is 1.00. The van der Waals surface area contributed by atoms with Crippen LogP contribution in [0.3, 0.4) is 0 Å². The third kappa shape index (κ3) is 1.96. The molecule has 0 radical (unpaired) electrons. The second-order valence-corrected chi connectivity index (χ2v) is 5.48. The van der Waals surface area contributed by atoms with E-state index in [2.05, 4.69) is 33.0 Å². The van der Waals surface area contributed by atoms with Gasteiger partial charge < -0.3 is 11.1 Å². The fourth-order valence-corrected chi connectivity index (χ4v) is 2.69. The summed E-state index contributed by atoms with van der Waals surface area (Å²) in [4.78, 5) is 0. The summed E-state index contributed by atoms with van der Waals surface area (Å²) in [5, 5.41) is 3.76. The zero-order valence-electron chi connectivity index (χ0n) is 10.2. The van der Waals surface area contributed by atoms with E-state index < -0.39 is 0 Å². The van der Waals surface area contributed by atoms with Crippen LogP contribution < -0.4 is 11.1 Å². The van der Waals surface area contributed by atoms with E-state index in [0.29, 0.717) is 11.5 Å². The zero-order chi connectivity index (χ0) is 10.8. The lowest BCUT2D eigenvalue weighted by molar-refractivity contribution is 0.148. The van der Waals surface area contributed by atoms with Crippen molar-refractivity contribution in [2.24, 2.45) is 11.1 Å². The van der Waals surface area contributed by atoms with Gasteiger partial charge in [-0.1, -0.05) is 27.2 Å². The predicted octanol–water partition coefficient (Wildman–Crippen LogP) is 2.28. The van der Waals surface area contributed by atoms with E-state index in [9.17, 15) is 0 Å². The summed E-state index contributed by atoms with van der Waals surface area (Å²) in [6, 6.07) is 0.580. The Hall–Kier alpha value is -0.0800. The van der Waals surface area contributed by atoms with Crippen molar-refractivity contribution in [3.05, 3.63) is 0 Å². The summed E-state index contributed by atoms with van der Waals surface area (Å²) in [5.41, 5.74) is 6.52. The maximum Gasteiger partial charge on any atom is 0.0357 e. The zero-order valence-corrected chi connectivity index (χ0v) is 10.2. The van der Waals surface area contributed by atoms with E-state index in [1.54, 1.807) is 0 Å². The lowest BCUT2D eigenvalue weighted by atomic mass is 9.74. The van der Waals surface area contributed by atoms with E-state index in [-0.39, 0.29) is 5.54 Å². The topological polar surface area (TPSA) is 38.0 Å². The second kappa shape index (κ2) is 4.19. The molecule has 1 fully saturated rings. The minimum atomic E-state index is 0.183. The van der Waals surface area contributed by atoms with Crippen LogP contribution in [0, 0.1) is 5.41 Å². The van der Waals surface area contributed by atoms with E-state index in [0.717, 1.165) is 6.54 Å². The molecule has 2 nitrogen and oxygen atoms in total. The van der Waals surface area contributed by atoms with Crippen LogP contribution in [-0.2, 0) is 0 Å². The van der Waals surface area contributed by atoms with Crippen LogP contribution >= 0.6 is 0 Å². The molecule has 1 rings (SSSR count). The summed E-state index contributed by atoms with van der Waals surface area (Å²) in [7, 11) is 0. The van der Waals surface area contributed by atoms with Crippen LogP contribution in [0.15, 0.2) is 0 Å². The number of hydrogen-bond donors (Lipinski definition) is 2.